The van der Waals surface area contributed by atoms with Crippen LogP contribution in [0.25, 0.3) is 20.9 Å². The Bertz CT molecular complexity index is 961. The maximum atomic E-state index is 6.25. The Morgan fingerprint density at radius 1 is 1.11 bits per heavy atom. The summed E-state index contributed by atoms with van der Waals surface area (Å²) < 4.78 is 5.89. The summed E-state index contributed by atoms with van der Waals surface area (Å²) in [7, 11) is 1.93. The fraction of sp³-hybridized carbons (Fsp3) is 0.304. The van der Waals surface area contributed by atoms with Crippen LogP contribution in [0.4, 0.5) is 5.69 Å². The summed E-state index contributed by atoms with van der Waals surface area (Å²) in [5.41, 5.74) is 12.6. The van der Waals surface area contributed by atoms with Crippen LogP contribution in [0.15, 0.2) is 48.5 Å². The highest BCUT2D eigenvalue weighted by molar-refractivity contribution is 7.18. The minimum Gasteiger partial charge on any atom is -0.489 e. The zero-order valence-electron chi connectivity index (χ0n) is 16.1. The number of ether oxygens (including phenoxy) is 1. The van der Waals surface area contributed by atoms with Gasteiger partial charge in [0.1, 0.15) is 5.75 Å². The lowest BCUT2D eigenvalue weighted by Gasteiger charge is -2.15. The van der Waals surface area contributed by atoms with Gasteiger partial charge >= 0.3 is 0 Å². The summed E-state index contributed by atoms with van der Waals surface area (Å²) in [6.45, 7) is 4.09. The Hall–Kier alpha value is -2.30. The normalized spacial score (nSPS) is 15.8. The second-order valence-electron chi connectivity index (χ2n) is 7.31. The van der Waals surface area contributed by atoms with Gasteiger partial charge in [-0.05, 0) is 79.3 Å². The van der Waals surface area contributed by atoms with Crippen LogP contribution in [0.1, 0.15) is 37.4 Å². The van der Waals surface area contributed by atoms with Crippen molar-refractivity contribution in [2.45, 2.75) is 38.8 Å². The molecule has 0 amide bonds. The number of fused-ring (bicyclic) bond motifs is 1. The summed E-state index contributed by atoms with van der Waals surface area (Å²) in [5.74, 6) is 0.892. The molecule has 27 heavy (non-hydrogen) atoms. The van der Waals surface area contributed by atoms with Crippen LogP contribution in [-0.4, -0.2) is 13.2 Å². The van der Waals surface area contributed by atoms with Gasteiger partial charge in [0, 0.05) is 22.8 Å². The number of nitrogens with one attached hydrogen (secondary N) is 1. The highest BCUT2D eigenvalue weighted by Crippen LogP contribution is 2.42. The largest absolute Gasteiger partial charge is 0.489 e. The van der Waals surface area contributed by atoms with E-state index in [1.165, 1.54) is 32.0 Å². The lowest BCUT2D eigenvalue weighted by Crippen LogP contribution is -2.07. The molecule has 0 unspecified atom stereocenters. The summed E-state index contributed by atoms with van der Waals surface area (Å²) in [5, 5.41) is 3.25. The van der Waals surface area contributed by atoms with E-state index in [4.69, 9.17) is 10.5 Å². The molecule has 0 spiro atoms. The van der Waals surface area contributed by atoms with Gasteiger partial charge in [-0.15, -0.1) is 11.3 Å². The second kappa shape index (κ2) is 7.37. The van der Waals surface area contributed by atoms with Crippen molar-refractivity contribution in [2.24, 2.45) is 5.73 Å². The SMILES string of the molecule is CNc1cc(-c2ccc(-c3cccc4c3CC[C@H]4N)s2)ccc1OC(C)C. The molecule has 0 saturated carbocycles. The number of nitrogens with two attached hydrogens (primary N) is 1. The number of rotatable bonds is 5. The van der Waals surface area contributed by atoms with E-state index in [2.05, 4.69) is 53.8 Å². The fourth-order valence-electron chi connectivity index (χ4n) is 3.79. The van der Waals surface area contributed by atoms with Gasteiger partial charge in [-0.2, -0.15) is 0 Å². The zero-order chi connectivity index (χ0) is 19.0. The highest BCUT2D eigenvalue weighted by Gasteiger charge is 2.22. The van der Waals surface area contributed by atoms with Crippen LogP contribution in [0.3, 0.4) is 0 Å². The monoisotopic (exact) mass is 378 g/mol. The van der Waals surface area contributed by atoms with Crippen molar-refractivity contribution < 1.29 is 4.74 Å². The molecule has 0 bridgehead atoms. The first kappa shape index (κ1) is 18.1. The van der Waals surface area contributed by atoms with E-state index in [-0.39, 0.29) is 12.1 Å². The molecule has 3 nitrogen and oxygen atoms in total. The molecule has 0 saturated heterocycles. The number of benzene rings is 2. The predicted octanol–water partition coefficient (Wildman–Crippen LogP) is 5.86. The van der Waals surface area contributed by atoms with Gasteiger partial charge in [0.2, 0.25) is 0 Å². The van der Waals surface area contributed by atoms with Crippen molar-refractivity contribution in [1.29, 1.82) is 0 Å². The van der Waals surface area contributed by atoms with E-state index in [9.17, 15) is 0 Å². The lowest BCUT2D eigenvalue weighted by atomic mass is 10.0. The van der Waals surface area contributed by atoms with E-state index in [0.717, 1.165) is 24.3 Å². The van der Waals surface area contributed by atoms with Crippen molar-refractivity contribution in [3.63, 3.8) is 0 Å². The van der Waals surface area contributed by atoms with Crippen molar-refractivity contribution in [3.8, 4) is 26.6 Å². The van der Waals surface area contributed by atoms with Gasteiger partial charge in [-0.3, -0.25) is 0 Å². The molecule has 4 rings (SSSR count). The summed E-state index contributed by atoms with van der Waals surface area (Å²) in [4.78, 5) is 2.57. The van der Waals surface area contributed by atoms with E-state index in [1.54, 1.807) is 0 Å². The fourth-order valence-corrected chi connectivity index (χ4v) is 4.85. The second-order valence-corrected chi connectivity index (χ2v) is 8.39. The molecule has 4 heteroatoms. The van der Waals surface area contributed by atoms with E-state index in [1.807, 2.05) is 32.2 Å². The Kier molecular flexibility index (Phi) is 4.94. The average Bonchev–Trinajstić information content (AvgIpc) is 3.29. The van der Waals surface area contributed by atoms with E-state index >= 15 is 0 Å². The molecule has 1 heterocycles. The smallest absolute Gasteiger partial charge is 0.142 e. The van der Waals surface area contributed by atoms with E-state index in [0.29, 0.717) is 0 Å². The van der Waals surface area contributed by atoms with Crippen molar-refractivity contribution in [3.05, 3.63) is 59.7 Å². The quantitative estimate of drug-likeness (QED) is 0.585. The molecule has 0 aliphatic heterocycles. The molecular formula is C23H26N2OS. The molecule has 0 fully saturated rings. The van der Waals surface area contributed by atoms with E-state index < -0.39 is 0 Å². The third-order valence-corrected chi connectivity index (χ3v) is 6.25. The van der Waals surface area contributed by atoms with Gasteiger partial charge in [0.25, 0.3) is 0 Å². The predicted molar refractivity (Wildman–Crippen MR) is 116 cm³/mol. The van der Waals surface area contributed by atoms with Crippen LogP contribution in [-0.2, 0) is 6.42 Å². The minimum atomic E-state index is 0.155. The van der Waals surface area contributed by atoms with Gasteiger partial charge in [-0.25, -0.2) is 0 Å². The number of anilines is 1. The molecule has 3 N–H and O–H groups in total. The molecule has 3 aromatic rings. The summed E-state index contributed by atoms with van der Waals surface area (Å²) in [6, 6.07) is 17.5. The van der Waals surface area contributed by atoms with Gasteiger partial charge < -0.3 is 15.8 Å². The first-order valence-electron chi connectivity index (χ1n) is 9.53. The molecule has 1 aliphatic carbocycles. The average molecular weight is 379 g/mol. The molecule has 0 radical (unpaired) electrons. The topological polar surface area (TPSA) is 47.3 Å². The molecular weight excluding hydrogens is 352 g/mol. The molecule has 2 aromatic carbocycles. The summed E-state index contributed by atoms with van der Waals surface area (Å²) >= 11 is 1.84. The van der Waals surface area contributed by atoms with Crippen molar-refractivity contribution in [1.82, 2.24) is 0 Å². The van der Waals surface area contributed by atoms with Crippen LogP contribution < -0.4 is 15.8 Å². The van der Waals surface area contributed by atoms with Crippen LogP contribution in [0.2, 0.25) is 0 Å². The number of thiophene rings is 1. The molecule has 1 aliphatic rings. The summed E-state index contributed by atoms with van der Waals surface area (Å²) in [6.07, 6.45) is 2.28. The standard InChI is InChI=1S/C23H26N2OS/c1-14(2)26-21-10-7-15(13-20(21)25-3)22-11-12-23(27-22)18-6-4-5-17-16(18)8-9-19(17)24/h4-7,10-14,19,25H,8-9,24H2,1-3H3/t19-/m1/s1. The zero-order valence-corrected chi connectivity index (χ0v) is 16.9. The maximum Gasteiger partial charge on any atom is 0.142 e. The van der Waals surface area contributed by atoms with Crippen LogP contribution in [0.5, 0.6) is 5.75 Å². The number of hydrogen-bond acceptors (Lipinski definition) is 4. The maximum absolute atomic E-state index is 6.25. The Labute approximate surface area is 165 Å². The first-order valence-corrected chi connectivity index (χ1v) is 10.3. The van der Waals surface area contributed by atoms with Gasteiger partial charge in [0.05, 0.1) is 11.8 Å². The Morgan fingerprint density at radius 2 is 1.93 bits per heavy atom. The third-order valence-electron chi connectivity index (χ3n) is 5.08. The highest BCUT2D eigenvalue weighted by atomic mass is 32.1. The molecule has 1 atom stereocenters. The minimum absolute atomic E-state index is 0.155. The van der Waals surface area contributed by atoms with Crippen LogP contribution in [0, 0.1) is 0 Å². The van der Waals surface area contributed by atoms with Gasteiger partial charge in [-0.1, -0.05) is 18.2 Å². The Balaban J connectivity index is 1.68. The molecule has 1 aromatic heterocycles. The van der Waals surface area contributed by atoms with Crippen molar-refractivity contribution >= 4 is 17.0 Å². The Morgan fingerprint density at radius 3 is 2.70 bits per heavy atom. The molecule has 140 valence electrons. The lowest BCUT2D eigenvalue weighted by molar-refractivity contribution is 0.244. The van der Waals surface area contributed by atoms with Gasteiger partial charge in [0.15, 0.2) is 0 Å². The third kappa shape index (κ3) is 3.47. The number of hydrogen-bond donors (Lipinski definition) is 2. The first-order chi connectivity index (χ1) is 13.1. The van der Waals surface area contributed by atoms with Crippen LogP contribution >= 0.6 is 11.3 Å². The van der Waals surface area contributed by atoms with Crippen molar-refractivity contribution in [2.75, 3.05) is 12.4 Å².